The Labute approximate surface area is 233 Å². The first-order valence-corrected chi connectivity index (χ1v) is 13.7. The summed E-state index contributed by atoms with van der Waals surface area (Å²) in [5, 5.41) is 5.77. The van der Waals surface area contributed by atoms with Gasteiger partial charge in [0.25, 0.3) is 0 Å². The maximum atomic E-state index is 14.3. The lowest BCUT2D eigenvalue weighted by atomic mass is 9.95. The fourth-order valence-corrected chi connectivity index (χ4v) is 4.33. The summed E-state index contributed by atoms with van der Waals surface area (Å²) in [5.74, 6) is 1.94. The summed E-state index contributed by atoms with van der Waals surface area (Å²) in [4.78, 5) is 42.4. The smallest absolute Gasteiger partial charge is 0.408 e. The van der Waals surface area contributed by atoms with Gasteiger partial charge in [0.05, 0.1) is 0 Å². The summed E-state index contributed by atoms with van der Waals surface area (Å²) in [6.45, 7) is 11.6. The second kappa shape index (κ2) is 15.0. The van der Waals surface area contributed by atoms with Crippen LogP contribution < -0.4 is 10.6 Å². The Kier molecular flexibility index (Phi) is 12.1. The molecule has 2 aromatic rings. The lowest BCUT2D eigenvalue weighted by Gasteiger charge is -2.37. The Morgan fingerprint density at radius 2 is 1.64 bits per heavy atom. The quantitative estimate of drug-likeness (QED) is 0.283. The minimum atomic E-state index is -0.981. The third-order valence-electron chi connectivity index (χ3n) is 6.10. The van der Waals surface area contributed by atoms with Gasteiger partial charge in [-0.25, -0.2) is 4.79 Å². The van der Waals surface area contributed by atoms with Crippen LogP contribution in [0.4, 0.5) is 4.79 Å². The monoisotopic (exact) mass is 533 g/mol. The fraction of sp³-hybridized carbons (Fsp3) is 0.469. The van der Waals surface area contributed by atoms with Gasteiger partial charge in [0, 0.05) is 24.6 Å². The number of nitrogens with zero attached hydrogens (tertiary/aromatic N) is 1. The maximum Gasteiger partial charge on any atom is 0.408 e. The van der Waals surface area contributed by atoms with Crippen molar-refractivity contribution in [3.8, 4) is 12.3 Å². The molecule has 0 radical (unpaired) electrons. The number of ether oxygens (including phenoxy) is 1. The lowest BCUT2D eigenvalue weighted by molar-refractivity contribution is -0.144. The van der Waals surface area contributed by atoms with Gasteiger partial charge in [-0.1, -0.05) is 74.2 Å². The second-order valence-corrected chi connectivity index (χ2v) is 10.9. The molecule has 0 saturated heterocycles. The highest BCUT2D eigenvalue weighted by Gasteiger charge is 2.38. The molecule has 2 aromatic carbocycles. The van der Waals surface area contributed by atoms with Gasteiger partial charge in [-0.2, -0.15) is 0 Å². The minimum Gasteiger partial charge on any atom is -0.444 e. The lowest BCUT2D eigenvalue weighted by Crippen LogP contribution is -2.55. The van der Waals surface area contributed by atoms with Crippen molar-refractivity contribution in [2.45, 2.75) is 91.0 Å². The van der Waals surface area contributed by atoms with Crippen LogP contribution in [-0.2, 0) is 20.7 Å². The molecule has 2 unspecified atom stereocenters. The Morgan fingerprint density at radius 1 is 1.00 bits per heavy atom. The van der Waals surface area contributed by atoms with Crippen molar-refractivity contribution in [1.82, 2.24) is 15.5 Å². The van der Waals surface area contributed by atoms with E-state index in [4.69, 9.17) is 11.2 Å². The van der Waals surface area contributed by atoms with Crippen LogP contribution in [0.1, 0.15) is 83.5 Å². The number of terminal acetylenes is 1. The molecule has 2 N–H and O–H groups in total. The SMILES string of the molecule is C#Cc1ccccc1C(C(=O)NCCCCC)N(C(=O)C(Cc1ccccc1)NC(=O)OC(C)(C)C)C(C)C. The van der Waals surface area contributed by atoms with Gasteiger partial charge in [0.2, 0.25) is 11.8 Å². The van der Waals surface area contributed by atoms with E-state index in [1.165, 1.54) is 4.90 Å². The topological polar surface area (TPSA) is 87.7 Å². The molecular formula is C32H43N3O4. The summed E-state index contributed by atoms with van der Waals surface area (Å²) in [6, 6.07) is 14.2. The molecule has 3 amide bonds. The molecule has 2 atom stereocenters. The zero-order chi connectivity index (χ0) is 29.0. The normalized spacial score (nSPS) is 12.7. The molecule has 39 heavy (non-hydrogen) atoms. The molecule has 0 aliphatic carbocycles. The van der Waals surface area contributed by atoms with E-state index in [2.05, 4.69) is 23.5 Å². The van der Waals surface area contributed by atoms with Crippen molar-refractivity contribution < 1.29 is 19.1 Å². The minimum absolute atomic E-state index is 0.226. The first-order chi connectivity index (χ1) is 18.5. The molecule has 210 valence electrons. The summed E-state index contributed by atoms with van der Waals surface area (Å²) in [6.07, 6.45) is 8.17. The van der Waals surface area contributed by atoms with Crippen molar-refractivity contribution >= 4 is 17.9 Å². The molecule has 2 rings (SSSR count). The molecule has 0 bridgehead atoms. The third kappa shape index (κ3) is 9.79. The van der Waals surface area contributed by atoms with Crippen LogP contribution in [0.15, 0.2) is 54.6 Å². The van der Waals surface area contributed by atoms with Crippen LogP contribution in [-0.4, -0.2) is 47.0 Å². The fourth-order valence-electron chi connectivity index (χ4n) is 4.33. The zero-order valence-electron chi connectivity index (χ0n) is 24.1. The van der Waals surface area contributed by atoms with E-state index in [0.29, 0.717) is 17.7 Å². The zero-order valence-corrected chi connectivity index (χ0v) is 24.1. The number of rotatable bonds is 12. The van der Waals surface area contributed by atoms with E-state index in [9.17, 15) is 14.4 Å². The predicted octanol–water partition coefficient (Wildman–Crippen LogP) is 5.39. The number of amides is 3. The van der Waals surface area contributed by atoms with Crippen LogP contribution >= 0.6 is 0 Å². The molecule has 0 fully saturated rings. The molecule has 0 aromatic heterocycles. The van der Waals surface area contributed by atoms with Gasteiger partial charge in [-0.15, -0.1) is 6.42 Å². The summed E-state index contributed by atoms with van der Waals surface area (Å²) >= 11 is 0. The molecule has 7 nitrogen and oxygen atoms in total. The van der Waals surface area contributed by atoms with E-state index in [-0.39, 0.29) is 18.4 Å². The Balaban J connectivity index is 2.54. The van der Waals surface area contributed by atoms with Crippen LogP contribution in [0.5, 0.6) is 0 Å². The summed E-state index contributed by atoms with van der Waals surface area (Å²) < 4.78 is 5.47. The van der Waals surface area contributed by atoms with Gasteiger partial charge in [-0.05, 0) is 58.2 Å². The number of benzene rings is 2. The van der Waals surface area contributed by atoms with Gasteiger partial charge in [0.1, 0.15) is 17.7 Å². The van der Waals surface area contributed by atoms with Crippen LogP contribution in [0.2, 0.25) is 0 Å². The first kappa shape index (κ1) is 31.4. The number of unbranched alkanes of at least 4 members (excludes halogenated alkanes) is 2. The van der Waals surface area contributed by atoms with Crippen molar-refractivity contribution in [3.63, 3.8) is 0 Å². The van der Waals surface area contributed by atoms with Crippen LogP contribution in [0.25, 0.3) is 0 Å². The van der Waals surface area contributed by atoms with Crippen LogP contribution in [0, 0.1) is 12.3 Å². The third-order valence-corrected chi connectivity index (χ3v) is 6.10. The summed E-state index contributed by atoms with van der Waals surface area (Å²) in [5.41, 5.74) is 1.21. The standard InChI is InChI=1S/C32H43N3O4/c1-8-10-16-21-33-29(36)28(26-20-15-14-19-25(26)9-2)35(23(3)4)30(37)27(22-24-17-12-11-13-18-24)34-31(38)39-32(5,6)7/h2,11-15,17-20,23,27-28H,8,10,16,21-22H2,1,3-7H3,(H,33,36)(H,34,38). The largest absolute Gasteiger partial charge is 0.444 e. The number of carbonyl (C=O) groups is 3. The highest BCUT2D eigenvalue weighted by molar-refractivity contribution is 5.93. The van der Waals surface area contributed by atoms with E-state index < -0.39 is 29.7 Å². The molecule has 0 spiro atoms. The molecular weight excluding hydrogens is 490 g/mol. The predicted molar refractivity (Wildman–Crippen MR) is 155 cm³/mol. The molecule has 0 aliphatic rings. The van der Waals surface area contributed by atoms with Gasteiger partial charge < -0.3 is 20.3 Å². The van der Waals surface area contributed by atoms with Crippen LogP contribution in [0.3, 0.4) is 0 Å². The van der Waals surface area contributed by atoms with Gasteiger partial charge >= 0.3 is 6.09 Å². The molecule has 7 heteroatoms. The number of hydrogen-bond donors (Lipinski definition) is 2. The highest BCUT2D eigenvalue weighted by atomic mass is 16.6. The Bertz CT molecular complexity index is 1130. The highest BCUT2D eigenvalue weighted by Crippen LogP contribution is 2.28. The second-order valence-electron chi connectivity index (χ2n) is 10.9. The number of alkyl carbamates (subject to hydrolysis) is 1. The Hall–Kier alpha value is -3.79. The van der Waals surface area contributed by atoms with E-state index in [1.54, 1.807) is 45.0 Å². The van der Waals surface area contributed by atoms with E-state index in [1.807, 2.05) is 44.2 Å². The molecule has 0 aliphatic heterocycles. The van der Waals surface area contributed by atoms with Crippen molar-refractivity contribution in [2.24, 2.45) is 0 Å². The van der Waals surface area contributed by atoms with E-state index >= 15 is 0 Å². The van der Waals surface area contributed by atoms with Gasteiger partial charge in [0.15, 0.2) is 0 Å². The van der Waals surface area contributed by atoms with Crippen molar-refractivity contribution in [2.75, 3.05) is 6.54 Å². The molecule has 0 heterocycles. The number of nitrogens with one attached hydrogen (secondary N) is 2. The van der Waals surface area contributed by atoms with Crippen molar-refractivity contribution in [3.05, 3.63) is 71.3 Å². The molecule has 0 saturated carbocycles. The Morgan fingerprint density at radius 3 is 2.23 bits per heavy atom. The summed E-state index contributed by atoms with van der Waals surface area (Å²) in [7, 11) is 0. The van der Waals surface area contributed by atoms with Crippen molar-refractivity contribution in [1.29, 1.82) is 0 Å². The number of hydrogen-bond acceptors (Lipinski definition) is 4. The average molecular weight is 534 g/mol. The first-order valence-electron chi connectivity index (χ1n) is 13.7. The average Bonchev–Trinajstić information content (AvgIpc) is 2.88. The maximum absolute atomic E-state index is 14.3. The van der Waals surface area contributed by atoms with E-state index in [0.717, 1.165) is 24.8 Å². The number of carbonyl (C=O) groups excluding carboxylic acids is 3. The van der Waals surface area contributed by atoms with Gasteiger partial charge in [-0.3, -0.25) is 9.59 Å².